The number of hydrogen-bond donors (Lipinski definition) is 0. The maximum Gasteiger partial charge on any atom is 0.255 e. The van der Waals surface area contributed by atoms with Crippen LogP contribution in [0.5, 0.6) is 17.2 Å². The number of ether oxygens (including phenoxy) is 3. The summed E-state index contributed by atoms with van der Waals surface area (Å²) in [6.07, 6.45) is 1.77. The number of rotatable bonds is 4. The highest BCUT2D eigenvalue weighted by Gasteiger charge is 2.14. The number of aromatic nitrogens is 1. The highest BCUT2D eigenvalue weighted by Crippen LogP contribution is 2.38. The van der Waals surface area contributed by atoms with E-state index in [0.29, 0.717) is 22.9 Å². The fourth-order valence-electron chi connectivity index (χ4n) is 2.00. The first-order valence-corrected chi connectivity index (χ1v) is 6.10. The molecule has 0 aliphatic heterocycles. The van der Waals surface area contributed by atoms with Gasteiger partial charge in [-0.3, -0.25) is 9.36 Å². The lowest BCUT2D eigenvalue weighted by Gasteiger charge is -2.15. The first kappa shape index (κ1) is 14.0. The Labute approximate surface area is 117 Å². The predicted molar refractivity (Wildman–Crippen MR) is 76.4 cm³/mol. The topological polar surface area (TPSA) is 49.7 Å². The summed E-state index contributed by atoms with van der Waals surface area (Å²) >= 11 is 0. The van der Waals surface area contributed by atoms with Crippen molar-refractivity contribution in [2.75, 3.05) is 21.3 Å². The number of nitrogens with zero attached hydrogens (tertiary/aromatic N) is 1. The monoisotopic (exact) mass is 275 g/mol. The van der Waals surface area contributed by atoms with Gasteiger partial charge in [-0.1, -0.05) is 6.07 Å². The van der Waals surface area contributed by atoms with Crippen LogP contribution in [-0.2, 0) is 0 Å². The van der Waals surface area contributed by atoms with E-state index in [1.54, 1.807) is 50.3 Å². The van der Waals surface area contributed by atoms with Crippen molar-refractivity contribution in [3.63, 3.8) is 0 Å². The van der Waals surface area contributed by atoms with Gasteiger partial charge in [-0.25, -0.2) is 0 Å². The first-order chi connectivity index (χ1) is 9.60. The van der Waals surface area contributed by atoms with E-state index in [2.05, 4.69) is 0 Å². The third-order valence-corrected chi connectivity index (χ3v) is 2.99. The van der Waals surface area contributed by atoms with Crippen molar-refractivity contribution in [1.82, 2.24) is 4.57 Å². The van der Waals surface area contributed by atoms with E-state index in [0.717, 1.165) is 5.56 Å². The molecular formula is C15H17NO4. The van der Waals surface area contributed by atoms with Crippen molar-refractivity contribution in [2.24, 2.45) is 0 Å². The van der Waals surface area contributed by atoms with Crippen molar-refractivity contribution in [3.8, 4) is 22.9 Å². The second-order valence-electron chi connectivity index (χ2n) is 4.30. The average Bonchev–Trinajstić information content (AvgIpc) is 2.48. The molecule has 0 atom stereocenters. The van der Waals surface area contributed by atoms with Gasteiger partial charge in [0.25, 0.3) is 5.56 Å². The van der Waals surface area contributed by atoms with Crippen molar-refractivity contribution in [3.05, 3.63) is 46.4 Å². The van der Waals surface area contributed by atoms with Crippen LogP contribution < -0.4 is 19.8 Å². The number of pyridine rings is 1. The molecule has 1 heterocycles. The Bertz CT molecular complexity index is 651. The van der Waals surface area contributed by atoms with Gasteiger partial charge in [0.05, 0.1) is 27.0 Å². The quantitative estimate of drug-likeness (QED) is 0.858. The number of hydrogen-bond acceptors (Lipinski definition) is 4. The van der Waals surface area contributed by atoms with E-state index in [1.807, 2.05) is 6.92 Å². The highest BCUT2D eigenvalue weighted by atomic mass is 16.5. The minimum absolute atomic E-state index is 0.120. The van der Waals surface area contributed by atoms with Gasteiger partial charge < -0.3 is 14.2 Å². The smallest absolute Gasteiger partial charge is 0.255 e. The zero-order chi connectivity index (χ0) is 14.7. The average molecular weight is 275 g/mol. The maximum absolute atomic E-state index is 12.0. The van der Waals surface area contributed by atoms with Gasteiger partial charge in [-0.2, -0.15) is 0 Å². The largest absolute Gasteiger partial charge is 0.493 e. The lowest BCUT2D eigenvalue weighted by molar-refractivity contribution is 0.324. The minimum Gasteiger partial charge on any atom is -0.493 e. The van der Waals surface area contributed by atoms with Crippen LogP contribution in [0.1, 0.15) is 5.56 Å². The summed E-state index contributed by atoms with van der Waals surface area (Å²) in [5.41, 5.74) is 1.52. The fourth-order valence-corrected chi connectivity index (χ4v) is 2.00. The first-order valence-electron chi connectivity index (χ1n) is 6.10. The molecule has 5 nitrogen and oxygen atoms in total. The fraction of sp³-hybridized carbons (Fsp3) is 0.267. The van der Waals surface area contributed by atoms with Crippen molar-refractivity contribution in [1.29, 1.82) is 0 Å². The molecule has 20 heavy (non-hydrogen) atoms. The van der Waals surface area contributed by atoms with E-state index in [9.17, 15) is 4.79 Å². The van der Waals surface area contributed by atoms with Crippen LogP contribution in [-0.4, -0.2) is 25.9 Å². The molecule has 0 spiro atoms. The Hall–Kier alpha value is -2.43. The van der Waals surface area contributed by atoms with Crippen LogP contribution in [0.15, 0.2) is 35.3 Å². The SMILES string of the molecule is COc1cc(-n2cc(C)ccc2=O)cc(OC)c1OC. The molecule has 1 aromatic carbocycles. The van der Waals surface area contributed by atoms with Crippen LogP contribution in [0.2, 0.25) is 0 Å². The van der Waals surface area contributed by atoms with Crippen LogP contribution in [0.25, 0.3) is 5.69 Å². The molecule has 0 amide bonds. The zero-order valence-corrected chi connectivity index (χ0v) is 12.0. The Kier molecular flexibility index (Phi) is 3.98. The number of aryl methyl sites for hydroxylation is 1. The summed E-state index contributed by atoms with van der Waals surface area (Å²) in [4.78, 5) is 12.0. The molecule has 0 saturated heterocycles. The van der Waals surface area contributed by atoms with Crippen LogP contribution in [0, 0.1) is 6.92 Å². The third-order valence-electron chi connectivity index (χ3n) is 2.99. The Balaban J connectivity index is 2.69. The Morgan fingerprint density at radius 1 is 0.950 bits per heavy atom. The molecule has 1 aromatic heterocycles. The van der Waals surface area contributed by atoms with Crippen molar-refractivity contribution in [2.45, 2.75) is 6.92 Å². The van der Waals surface area contributed by atoms with Gasteiger partial charge in [0.2, 0.25) is 5.75 Å². The summed E-state index contributed by atoms with van der Waals surface area (Å²) in [6, 6.07) is 6.78. The second kappa shape index (κ2) is 5.69. The van der Waals surface area contributed by atoms with Gasteiger partial charge in [-0.15, -0.1) is 0 Å². The number of methoxy groups -OCH3 is 3. The summed E-state index contributed by atoms with van der Waals surface area (Å²) in [6.45, 7) is 1.92. The minimum atomic E-state index is -0.120. The lowest BCUT2D eigenvalue weighted by Crippen LogP contribution is -2.16. The molecular weight excluding hydrogens is 258 g/mol. The number of benzene rings is 1. The molecule has 0 bridgehead atoms. The molecule has 2 aromatic rings. The van der Waals surface area contributed by atoms with E-state index in [4.69, 9.17) is 14.2 Å². The lowest BCUT2D eigenvalue weighted by atomic mass is 10.2. The molecule has 0 radical (unpaired) electrons. The zero-order valence-electron chi connectivity index (χ0n) is 12.0. The van der Waals surface area contributed by atoms with Gasteiger partial charge in [0.15, 0.2) is 11.5 Å². The van der Waals surface area contributed by atoms with Crippen LogP contribution >= 0.6 is 0 Å². The molecule has 106 valence electrons. The standard InChI is InChI=1S/C15H17NO4/c1-10-5-6-14(17)16(9-10)11-7-12(18-2)15(20-4)13(8-11)19-3/h5-9H,1-4H3. The van der Waals surface area contributed by atoms with Gasteiger partial charge in [0, 0.05) is 24.4 Å². The molecule has 0 unspecified atom stereocenters. The molecule has 0 N–H and O–H groups in total. The van der Waals surface area contributed by atoms with Gasteiger partial charge >= 0.3 is 0 Å². The summed E-state index contributed by atoms with van der Waals surface area (Å²) in [7, 11) is 4.62. The molecule has 0 saturated carbocycles. The summed E-state index contributed by atoms with van der Waals surface area (Å²) < 4.78 is 17.4. The van der Waals surface area contributed by atoms with Crippen molar-refractivity contribution < 1.29 is 14.2 Å². The maximum atomic E-state index is 12.0. The molecule has 0 aliphatic rings. The molecule has 5 heteroatoms. The van der Waals surface area contributed by atoms with E-state index in [-0.39, 0.29) is 5.56 Å². The normalized spacial score (nSPS) is 10.2. The summed E-state index contributed by atoms with van der Waals surface area (Å²) in [5.74, 6) is 1.52. The Morgan fingerprint density at radius 3 is 2.05 bits per heavy atom. The van der Waals surface area contributed by atoms with E-state index in [1.165, 1.54) is 6.07 Å². The Morgan fingerprint density at radius 2 is 1.55 bits per heavy atom. The van der Waals surface area contributed by atoms with Crippen molar-refractivity contribution >= 4 is 0 Å². The van der Waals surface area contributed by atoms with Gasteiger partial charge in [-0.05, 0) is 12.5 Å². The summed E-state index contributed by atoms with van der Waals surface area (Å²) in [5, 5.41) is 0. The molecule has 0 fully saturated rings. The third kappa shape index (κ3) is 2.47. The van der Waals surface area contributed by atoms with E-state index >= 15 is 0 Å². The molecule has 0 aliphatic carbocycles. The van der Waals surface area contributed by atoms with E-state index < -0.39 is 0 Å². The van der Waals surface area contributed by atoms with Crippen LogP contribution in [0.3, 0.4) is 0 Å². The van der Waals surface area contributed by atoms with Crippen LogP contribution in [0.4, 0.5) is 0 Å². The highest BCUT2D eigenvalue weighted by molar-refractivity contribution is 5.58. The molecule has 2 rings (SSSR count). The van der Waals surface area contributed by atoms with Gasteiger partial charge in [0.1, 0.15) is 0 Å². The predicted octanol–water partition coefficient (Wildman–Crippen LogP) is 2.17. The second-order valence-corrected chi connectivity index (χ2v) is 4.30.